The second-order valence-electron chi connectivity index (χ2n) is 7.32. The summed E-state index contributed by atoms with van der Waals surface area (Å²) in [4.78, 5) is 15.1. The molecular formula is C21H34N4O4. The highest BCUT2D eigenvalue weighted by Gasteiger charge is 2.23. The van der Waals surface area contributed by atoms with Gasteiger partial charge in [-0.2, -0.15) is 0 Å². The van der Waals surface area contributed by atoms with Gasteiger partial charge in [0.1, 0.15) is 0 Å². The van der Waals surface area contributed by atoms with E-state index in [9.17, 15) is 10.1 Å². The summed E-state index contributed by atoms with van der Waals surface area (Å²) >= 11 is 0. The molecule has 1 aromatic carbocycles. The average Bonchev–Trinajstić information content (AvgIpc) is 3.26. The maximum atomic E-state index is 10.8. The summed E-state index contributed by atoms with van der Waals surface area (Å²) in [6.45, 7) is 7.81. The van der Waals surface area contributed by atoms with E-state index in [-0.39, 0.29) is 17.8 Å². The van der Waals surface area contributed by atoms with Crippen molar-refractivity contribution in [2.24, 2.45) is 4.99 Å². The molecule has 1 saturated heterocycles. The number of ether oxygens (including phenoxy) is 2. The maximum absolute atomic E-state index is 10.8. The highest BCUT2D eigenvalue weighted by molar-refractivity contribution is 5.80. The molecule has 1 aliphatic rings. The zero-order valence-corrected chi connectivity index (χ0v) is 17.6. The Hall–Kier alpha value is -2.19. The summed E-state index contributed by atoms with van der Waals surface area (Å²) in [6, 6.07) is 6.65. The van der Waals surface area contributed by atoms with E-state index in [0.29, 0.717) is 6.54 Å². The third kappa shape index (κ3) is 8.79. The molecule has 2 N–H and O–H groups in total. The van der Waals surface area contributed by atoms with Crippen LogP contribution in [-0.2, 0) is 16.0 Å². The molecule has 0 spiro atoms. The van der Waals surface area contributed by atoms with Crippen molar-refractivity contribution in [1.29, 1.82) is 0 Å². The molecule has 0 bridgehead atoms. The summed E-state index contributed by atoms with van der Waals surface area (Å²) in [5.74, 6) is 0.722. The summed E-state index contributed by atoms with van der Waals surface area (Å²) < 4.78 is 11.4. The SMILES string of the molecule is CCCCOCCCNC(=NCc1ccc([N+](=O)[O-])cc1)NC(C)C1CCCO1. The molecule has 2 atom stereocenters. The van der Waals surface area contributed by atoms with Crippen LogP contribution < -0.4 is 10.6 Å². The number of non-ortho nitro benzene ring substituents is 1. The lowest BCUT2D eigenvalue weighted by Gasteiger charge is -2.23. The summed E-state index contributed by atoms with van der Waals surface area (Å²) in [5, 5.41) is 17.6. The van der Waals surface area contributed by atoms with E-state index in [0.717, 1.165) is 70.0 Å². The van der Waals surface area contributed by atoms with Crippen molar-refractivity contribution in [2.75, 3.05) is 26.4 Å². The van der Waals surface area contributed by atoms with Gasteiger partial charge in [0.15, 0.2) is 5.96 Å². The molecule has 0 radical (unpaired) electrons. The second-order valence-corrected chi connectivity index (χ2v) is 7.32. The molecule has 1 aromatic rings. The monoisotopic (exact) mass is 406 g/mol. The number of nitro groups is 1. The first-order chi connectivity index (χ1) is 14.1. The van der Waals surface area contributed by atoms with Gasteiger partial charge in [0.05, 0.1) is 23.6 Å². The Bertz CT molecular complexity index is 630. The van der Waals surface area contributed by atoms with Crippen LogP contribution >= 0.6 is 0 Å². The van der Waals surface area contributed by atoms with Crippen molar-refractivity contribution in [3.63, 3.8) is 0 Å². The van der Waals surface area contributed by atoms with Gasteiger partial charge in [-0.3, -0.25) is 10.1 Å². The first-order valence-corrected chi connectivity index (χ1v) is 10.6. The number of hydrogen-bond donors (Lipinski definition) is 2. The average molecular weight is 407 g/mol. The Morgan fingerprint density at radius 2 is 2.10 bits per heavy atom. The van der Waals surface area contributed by atoms with Crippen molar-refractivity contribution in [1.82, 2.24) is 10.6 Å². The number of nitro benzene ring substituents is 1. The van der Waals surface area contributed by atoms with Gasteiger partial charge in [-0.05, 0) is 38.2 Å². The third-order valence-electron chi connectivity index (χ3n) is 4.85. The van der Waals surface area contributed by atoms with E-state index < -0.39 is 4.92 Å². The quantitative estimate of drug-likeness (QED) is 0.181. The molecule has 2 rings (SSSR count). The summed E-state index contributed by atoms with van der Waals surface area (Å²) in [6.07, 6.45) is 5.47. The van der Waals surface area contributed by atoms with Gasteiger partial charge in [-0.15, -0.1) is 0 Å². The van der Waals surface area contributed by atoms with E-state index in [2.05, 4.69) is 29.5 Å². The van der Waals surface area contributed by atoms with E-state index in [1.165, 1.54) is 12.1 Å². The van der Waals surface area contributed by atoms with Gasteiger partial charge in [0.2, 0.25) is 0 Å². The normalized spacial score (nSPS) is 17.9. The molecular weight excluding hydrogens is 372 g/mol. The number of benzene rings is 1. The fraction of sp³-hybridized carbons (Fsp3) is 0.667. The number of nitrogens with one attached hydrogen (secondary N) is 2. The second kappa shape index (κ2) is 13.1. The Kier molecular flexibility index (Phi) is 10.4. The van der Waals surface area contributed by atoms with Gasteiger partial charge in [0.25, 0.3) is 5.69 Å². The van der Waals surface area contributed by atoms with Crippen molar-refractivity contribution in [2.45, 2.75) is 64.6 Å². The Balaban J connectivity index is 1.87. The number of guanidine groups is 1. The van der Waals surface area contributed by atoms with Crippen molar-refractivity contribution < 1.29 is 14.4 Å². The largest absolute Gasteiger partial charge is 0.381 e. The molecule has 29 heavy (non-hydrogen) atoms. The minimum atomic E-state index is -0.395. The van der Waals surface area contributed by atoms with E-state index in [4.69, 9.17) is 9.47 Å². The molecule has 1 aliphatic heterocycles. The van der Waals surface area contributed by atoms with Gasteiger partial charge < -0.3 is 20.1 Å². The predicted molar refractivity (Wildman–Crippen MR) is 114 cm³/mol. The van der Waals surface area contributed by atoms with Crippen molar-refractivity contribution in [3.05, 3.63) is 39.9 Å². The standard InChI is InChI=1S/C21H34N4O4/c1-3-4-13-28-14-6-12-22-21(24-17(2)20-7-5-15-29-20)23-16-18-8-10-19(11-9-18)25(26)27/h8-11,17,20H,3-7,12-16H2,1-2H3,(H2,22,23,24). The minimum Gasteiger partial charge on any atom is -0.381 e. The zero-order chi connectivity index (χ0) is 20.9. The number of unbranched alkanes of at least 4 members (excludes halogenated alkanes) is 1. The number of aliphatic imine (C=N–C) groups is 1. The summed E-state index contributed by atoms with van der Waals surface area (Å²) in [7, 11) is 0. The van der Waals surface area contributed by atoms with Gasteiger partial charge in [-0.1, -0.05) is 25.5 Å². The van der Waals surface area contributed by atoms with Crippen molar-refractivity contribution >= 4 is 11.6 Å². The van der Waals surface area contributed by atoms with Crippen LogP contribution in [-0.4, -0.2) is 49.4 Å². The van der Waals surface area contributed by atoms with Crippen LogP contribution in [0, 0.1) is 10.1 Å². The van der Waals surface area contributed by atoms with Crippen LogP contribution in [0.3, 0.4) is 0 Å². The Morgan fingerprint density at radius 1 is 1.34 bits per heavy atom. The number of nitrogens with zero attached hydrogens (tertiary/aromatic N) is 2. The first-order valence-electron chi connectivity index (χ1n) is 10.6. The Morgan fingerprint density at radius 3 is 2.76 bits per heavy atom. The predicted octanol–water partition coefficient (Wildman–Crippen LogP) is 3.40. The fourth-order valence-electron chi connectivity index (χ4n) is 3.08. The molecule has 8 nitrogen and oxygen atoms in total. The van der Waals surface area contributed by atoms with Gasteiger partial charge in [0, 0.05) is 38.5 Å². The number of rotatable bonds is 12. The number of hydrogen-bond acceptors (Lipinski definition) is 5. The molecule has 2 unspecified atom stereocenters. The zero-order valence-electron chi connectivity index (χ0n) is 17.6. The molecule has 8 heteroatoms. The minimum absolute atomic E-state index is 0.0873. The van der Waals surface area contributed by atoms with Gasteiger partial charge in [-0.25, -0.2) is 4.99 Å². The molecule has 0 aromatic heterocycles. The van der Waals surface area contributed by atoms with Crippen LogP contribution in [0.5, 0.6) is 0 Å². The van der Waals surface area contributed by atoms with Crippen molar-refractivity contribution in [3.8, 4) is 0 Å². The smallest absolute Gasteiger partial charge is 0.269 e. The van der Waals surface area contributed by atoms with Crippen LogP contribution in [0.15, 0.2) is 29.3 Å². The van der Waals surface area contributed by atoms with Gasteiger partial charge >= 0.3 is 0 Å². The van der Waals surface area contributed by atoms with Crippen LogP contribution in [0.1, 0.15) is 51.5 Å². The van der Waals surface area contributed by atoms with Crippen LogP contribution in [0.25, 0.3) is 0 Å². The molecule has 0 saturated carbocycles. The highest BCUT2D eigenvalue weighted by atomic mass is 16.6. The molecule has 0 amide bonds. The Labute approximate surface area is 173 Å². The van der Waals surface area contributed by atoms with E-state index >= 15 is 0 Å². The highest BCUT2D eigenvalue weighted by Crippen LogP contribution is 2.15. The fourth-order valence-corrected chi connectivity index (χ4v) is 3.08. The van der Waals surface area contributed by atoms with Crippen LogP contribution in [0.2, 0.25) is 0 Å². The third-order valence-corrected chi connectivity index (χ3v) is 4.85. The lowest BCUT2D eigenvalue weighted by atomic mass is 10.1. The van der Waals surface area contributed by atoms with Crippen LogP contribution in [0.4, 0.5) is 5.69 Å². The molecule has 162 valence electrons. The molecule has 1 fully saturated rings. The lowest BCUT2D eigenvalue weighted by Crippen LogP contribution is -2.47. The first kappa shape index (κ1) is 23.1. The topological polar surface area (TPSA) is 98.0 Å². The molecule has 1 heterocycles. The molecule has 0 aliphatic carbocycles. The summed E-state index contributed by atoms with van der Waals surface area (Å²) in [5.41, 5.74) is 1.01. The lowest BCUT2D eigenvalue weighted by molar-refractivity contribution is -0.384. The van der Waals surface area contributed by atoms with E-state index in [1.54, 1.807) is 12.1 Å². The van der Waals surface area contributed by atoms with E-state index in [1.807, 2.05) is 0 Å². The maximum Gasteiger partial charge on any atom is 0.269 e.